The van der Waals surface area contributed by atoms with Gasteiger partial charge in [-0.05, 0) is 26.0 Å². The molecule has 0 spiro atoms. The molecule has 0 unspecified atom stereocenters. The largest absolute Gasteiger partial charge is 0.285 e. The maximum atomic E-state index is 4.18. The van der Waals surface area contributed by atoms with E-state index in [-0.39, 0.29) is 0 Å². The van der Waals surface area contributed by atoms with Gasteiger partial charge in [0, 0.05) is 22.5 Å². The highest BCUT2D eigenvalue weighted by Crippen LogP contribution is 2.26. The van der Waals surface area contributed by atoms with Crippen LogP contribution in [0.3, 0.4) is 0 Å². The summed E-state index contributed by atoms with van der Waals surface area (Å²) in [4.78, 5) is 8.26. The van der Waals surface area contributed by atoms with Gasteiger partial charge in [0.15, 0.2) is 0 Å². The Bertz CT molecular complexity index is 455. The molecule has 0 N–H and O–H groups in total. The predicted molar refractivity (Wildman–Crippen MR) is 76.8 cm³/mol. The minimum atomic E-state index is 0.319. The van der Waals surface area contributed by atoms with Gasteiger partial charge in [-0.25, -0.2) is 0 Å². The quantitative estimate of drug-likeness (QED) is 0.704. The second-order valence-corrected chi connectivity index (χ2v) is 5.98. The zero-order valence-electron chi connectivity index (χ0n) is 10.1. The van der Waals surface area contributed by atoms with Crippen LogP contribution in [0, 0.1) is 0 Å². The lowest BCUT2D eigenvalue weighted by Gasteiger charge is -2.08. The van der Waals surface area contributed by atoms with Crippen LogP contribution in [0.2, 0.25) is 0 Å². The number of thioether (sulfide) groups is 1. The van der Waals surface area contributed by atoms with E-state index >= 15 is 0 Å². The first-order valence-corrected chi connectivity index (χ1v) is 6.61. The molecule has 2 nitrogen and oxygen atoms in total. The summed E-state index contributed by atoms with van der Waals surface area (Å²) < 4.78 is 0.319. The molecule has 2 aromatic rings. The molecule has 1 aliphatic rings. The van der Waals surface area contributed by atoms with E-state index in [0.29, 0.717) is 4.75 Å². The molecule has 1 aromatic heterocycles. The van der Waals surface area contributed by atoms with Gasteiger partial charge < -0.3 is 0 Å². The van der Waals surface area contributed by atoms with Crippen molar-refractivity contribution in [2.75, 3.05) is 5.88 Å². The number of benzene rings is 1. The van der Waals surface area contributed by atoms with Gasteiger partial charge >= 0.3 is 0 Å². The summed E-state index contributed by atoms with van der Waals surface area (Å²) in [6, 6.07) is 12.1. The minimum Gasteiger partial charge on any atom is -0.285 e. The van der Waals surface area contributed by atoms with Crippen LogP contribution in [-0.4, -0.2) is 21.8 Å². The molecular formula is C14H16N2S. The first-order chi connectivity index (χ1) is 8.17. The van der Waals surface area contributed by atoms with Crippen LogP contribution in [-0.2, 0) is 0 Å². The molecule has 88 valence electrons. The maximum absolute atomic E-state index is 4.18. The second kappa shape index (κ2) is 5.32. The molecule has 1 aliphatic heterocycles. The van der Waals surface area contributed by atoms with Crippen LogP contribution >= 0.6 is 11.8 Å². The Hall–Kier alpha value is -1.35. The summed E-state index contributed by atoms with van der Waals surface area (Å²) in [6.45, 7) is 4.35. The van der Waals surface area contributed by atoms with E-state index in [1.807, 2.05) is 48.4 Å². The molecule has 0 amide bonds. The van der Waals surface area contributed by atoms with Gasteiger partial charge in [-0.1, -0.05) is 24.3 Å². The van der Waals surface area contributed by atoms with Crippen LogP contribution in [0.4, 0.5) is 0 Å². The molecule has 1 aromatic carbocycles. The van der Waals surface area contributed by atoms with Crippen molar-refractivity contribution in [3.8, 4) is 0 Å². The van der Waals surface area contributed by atoms with Crippen LogP contribution in [0.1, 0.15) is 13.8 Å². The lowest BCUT2D eigenvalue weighted by atomic mass is 10.2. The fraction of sp³-hybridized carbons (Fsp3) is 0.286. The minimum absolute atomic E-state index is 0.319. The fourth-order valence-corrected chi connectivity index (χ4v) is 2.14. The van der Waals surface area contributed by atoms with Gasteiger partial charge in [0.1, 0.15) is 0 Å². The number of pyridine rings is 1. The van der Waals surface area contributed by atoms with Crippen LogP contribution < -0.4 is 0 Å². The third-order valence-electron chi connectivity index (χ3n) is 2.43. The Morgan fingerprint density at radius 3 is 2.47 bits per heavy atom. The van der Waals surface area contributed by atoms with Crippen molar-refractivity contribution < 1.29 is 0 Å². The van der Waals surface area contributed by atoms with E-state index in [9.17, 15) is 0 Å². The molecule has 0 bridgehead atoms. The highest BCUT2D eigenvalue weighted by atomic mass is 32.2. The molecule has 0 fully saturated rings. The number of hydrogen-bond donors (Lipinski definition) is 0. The van der Waals surface area contributed by atoms with E-state index in [1.54, 1.807) is 0 Å². The van der Waals surface area contributed by atoms with Crippen LogP contribution in [0.15, 0.2) is 47.6 Å². The molecule has 3 rings (SSSR count). The lowest BCUT2D eigenvalue weighted by Crippen LogP contribution is -2.10. The molecule has 17 heavy (non-hydrogen) atoms. The molecule has 0 atom stereocenters. The van der Waals surface area contributed by atoms with Gasteiger partial charge in [0.2, 0.25) is 0 Å². The normalized spacial score (nSPS) is 16.6. The lowest BCUT2D eigenvalue weighted by molar-refractivity contribution is 0.988. The number of aliphatic imine (C=N–C) groups is 1. The first kappa shape index (κ1) is 12.1. The summed E-state index contributed by atoms with van der Waals surface area (Å²) >= 11 is 1.88. The Morgan fingerprint density at radius 1 is 1.12 bits per heavy atom. The van der Waals surface area contributed by atoms with E-state index in [0.717, 1.165) is 11.4 Å². The van der Waals surface area contributed by atoms with Crippen LogP contribution in [0.5, 0.6) is 0 Å². The third-order valence-corrected chi connectivity index (χ3v) is 3.55. The topological polar surface area (TPSA) is 25.2 Å². The van der Waals surface area contributed by atoms with Crippen molar-refractivity contribution in [1.29, 1.82) is 0 Å². The highest BCUT2D eigenvalue weighted by molar-refractivity contribution is 8.01. The summed E-state index contributed by atoms with van der Waals surface area (Å²) in [5, 5.41) is 1.20. The fourth-order valence-electron chi connectivity index (χ4n) is 1.51. The Labute approximate surface area is 106 Å². The molecule has 0 aliphatic carbocycles. The number of fused-ring (bicyclic) bond motifs is 1. The molecule has 0 radical (unpaired) electrons. The molecule has 0 saturated heterocycles. The molecule has 3 heteroatoms. The van der Waals surface area contributed by atoms with Gasteiger partial charge in [0.25, 0.3) is 0 Å². The Kier molecular flexibility index (Phi) is 3.79. The van der Waals surface area contributed by atoms with Crippen molar-refractivity contribution in [2.24, 2.45) is 4.99 Å². The predicted octanol–water partition coefficient (Wildman–Crippen LogP) is 3.77. The summed E-state index contributed by atoms with van der Waals surface area (Å²) in [5.74, 6) is 0.951. The number of para-hydroxylation sites is 1. The SMILES string of the molecule is CC1(C)C=NCS1.c1ccc2ncccc2c1. The average Bonchev–Trinajstić information content (AvgIpc) is 2.75. The molecule has 0 saturated carbocycles. The molecule has 2 heterocycles. The zero-order valence-corrected chi connectivity index (χ0v) is 10.9. The zero-order chi connectivity index (χ0) is 12.1. The van der Waals surface area contributed by atoms with Crippen LogP contribution in [0.25, 0.3) is 10.9 Å². The van der Waals surface area contributed by atoms with E-state index < -0.39 is 0 Å². The van der Waals surface area contributed by atoms with Crippen molar-refractivity contribution in [2.45, 2.75) is 18.6 Å². The van der Waals surface area contributed by atoms with Gasteiger partial charge in [-0.3, -0.25) is 9.98 Å². The first-order valence-electron chi connectivity index (χ1n) is 5.62. The van der Waals surface area contributed by atoms with Gasteiger partial charge in [0.05, 0.1) is 11.4 Å². The Balaban J connectivity index is 0.000000136. The summed E-state index contributed by atoms with van der Waals surface area (Å²) in [5.41, 5.74) is 1.06. The maximum Gasteiger partial charge on any atom is 0.0849 e. The average molecular weight is 244 g/mol. The van der Waals surface area contributed by atoms with Gasteiger partial charge in [-0.15, -0.1) is 11.8 Å². The number of aromatic nitrogens is 1. The molecular weight excluding hydrogens is 228 g/mol. The van der Waals surface area contributed by atoms with Crippen molar-refractivity contribution in [3.63, 3.8) is 0 Å². The van der Waals surface area contributed by atoms with E-state index in [1.165, 1.54) is 5.39 Å². The second-order valence-electron chi connectivity index (χ2n) is 4.38. The Morgan fingerprint density at radius 2 is 1.88 bits per heavy atom. The van der Waals surface area contributed by atoms with Crippen molar-refractivity contribution in [1.82, 2.24) is 4.98 Å². The number of hydrogen-bond acceptors (Lipinski definition) is 3. The van der Waals surface area contributed by atoms with Crippen molar-refractivity contribution >= 4 is 28.9 Å². The standard InChI is InChI=1S/C9H7N.C5H9NS/c1-2-6-9-8(4-1)5-3-7-10-9;1-5(2)3-6-4-7-5/h1-7H;3H,4H2,1-2H3. The summed E-state index contributed by atoms with van der Waals surface area (Å²) in [7, 11) is 0. The van der Waals surface area contributed by atoms with Crippen molar-refractivity contribution in [3.05, 3.63) is 42.6 Å². The summed E-state index contributed by atoms with van der Waals surface area (Å²) in [6.07, 6.45) is 3.82. The third kappa shape index (κ3) is 3.56. The highest BCUT2D eigenvalue weighted by Gasteiger charge is 2.18. The number of nitrogens with zero attached hydrogens (tertiary/aromatic N) is 2. The van der Waals surface area contributed by atoms with E-state index in [4.69, 9.17) is 0 Å². The van der Waals surface area contributed by atoms with E-state index in [2.05, 4.69) is 36.0 Å². The monoisotopic (exact) mass is 244 g/mol. The van der Waals surface area contributed by atoms with Gasteiger partial charge in [-0.2, -0.15) is 0 Å². The smallest absolute Gasteiger partial charge is 0.0849 e. The number of rotatable bonds is 0.